The summed E-state index contributed by atoms with van der Waals surface area (Å²) in [6, 6.07) is -0.248. The zero-order valence-electron chi connectivity index (χ0n) is 9.62. The zero-order chi connectivity index (χ0) is 11.8. The fraction of sp³-hybridized carbons (Fsp3) is 0.800. The summed E-state index contributed by atoms with van der Waals surface area (Å²) >= 11 is 0. The lowest BCUT2D eigenvalue weighted by atomic mass is 10.2. The smallest absolute Gasteiger partial charge is 0.317 e. The number of amides is 2. The number of rotatable bonds is 6. The first-order chi connectivity index (χ1) is 6.97. The summed E-state index contributed by atoms with van der Waals surface area (Å²) in [7, 11) is 1.72. The van der Waals surface area contributed by atoms with Gasteiger partial charge in [-0.15, -0.1) is 0 Å². The van der Waals surface area contributed by atoms with E-state index in [4.69, 9.17) is 5.11 Å². The molecule has 0 aliphatic heterocycles. The molecule has 0 aliphatic rings. The van der Waals surface area contributed by atoms with Gasteiger partial charge in [0.25, 0.3) is 0 Å². The number of carboxylic acids is 1. The number of nitrogens with one attached hydrogen (secondary N) is 1. The predicted molar refractivity (Wildman–Crippen MR) is 57.8 cm³/mol. The summed E-state index contributed by atoms with van der Waals surface area (Å²) < 4.78 is 0. The topological polar surface area (TPSA) is 69.6 Å². The fourth-order valence-corrected chi connectivity index (χ4v) is 1.17. The van der Waals surface area contributed by atoms with Gasteiger partial charge in [0.05, 0.1) is 0 Å². The quantitative estimate of drug-likeness (QED) is 0.703. The van der Waals surface area contributed by atoms with Crippen molar-refractivity contribution in [3.8, 4) is 0 Å². The van der Waals surface area contributed by atoms with Crippen molar-refractivity contribution in [3.05, 3.63) is 0 Å². The number of carboxylic acid groups (broad SMARTS) is 1. The number of hydrogen-bond donors (Lipinski definition) is 2. The molecule has 0 aromatic heterocycles. The number of carbonyl (C=O) groups is 2. The first kappa shape index (κ1) is 13.7. The van der Waals surface area contributed by atoms with Crippen LogP contribution >= 0.6 is 0 Å². The fourth-order valence-electron chi connectivity index (χ4n) is 1.17. The highest BCUT2D eigenvalue weighted by molar-refractivity contribution is 5.74. The van der Waals surface area contributed by atoms with Crippen molar-refractivity contribution >= 4 is 12.0 Å². The third-order valence-corrected chi connectivity index (χ3v) is 2.07. The second-order valence-electron chi connectivity index (χ2n) is 3.70. The van der Waals surface area contributed by atoms with Crippen LogP contribution < -0.4 is 5.32 Å². The van der Waals surface area contributed by atoms with E-state index in [1.54, 1.807) is 18.9 Å². The molecule has 1 unspecified atom stereocenters. The van der Waals surface area contributed by atoms with Crippen LogP contribution in [-0.2, 0) is 4.79 Å². The molecule has 15 heavy (non-hydrogen) atoms. The standard InChI is InChI=1S/C10H20N2O3/c1-4-7-12(3)10(15)11-8(2)5-6-9(13)14/h8H,4-7H2,1-3H3,(H,11,15)(H,13,14). The van der Waals surface area contributed by atoms with E-state index in [2.05, 4.69) is 5.32 Å². The van der Waals surface area contributed by atoms with Crippen LogP contribution in [0, 0.1) is 0 Å². The summed E-state index contributed by atoms with van der Waals surface area (Å²) in [6.45, 7) is 4.51. The minimum absolute atomic E-state index is 0.0823. The molecule has 0 fully saturated rings. The first-order valence-corrected chi connectivity index (χ1v) is 5.20. The van der Waals surface area contributed by atoms with Gasteiger partial charge in [-0.2, -0.15) is 0 Å². The molecule has 2 amide bonds. The highest BCUT2D eigenvalue weighted by Gasteiger charge is 2.11. The van der Waals surface area contributed by atoms with E-state index >= 15 is 0 Å². The summed E-state index contributed by atoms with van der Waals surface area (Å²) in [5.74, 6) is -0.835. The maximum absolute atomic E-state index is 11.5. The summed E-state index contributed by atoms with van der Waals surface area (Å²) in [5.41, 5.74) is 0. The van der Waals surface area contributed by atoms with E-state index < -0.39 is 5.97 Å². The van der Waals surface area contributed by atoms with Crippen LogP contribution in [0.2, 0.25) is 0 Å². The van der Waals surface area contributed by atoms with Crippen LogP contribution in [0.3, 0.4) is 0 Å². The van der Waals surface area contributed by atoms with E-state index in [-0.39, 0.29) is 18.5 Å². The van der Waals surface area contributed by atoms with Crippen LogP contribution in [0.1, 0.15) is 33.1 Å². The summed E-state index contributed by atoms with van der Waals surface area (Å²) in [4.78, 5) is 23.4. The monoisotopic (exact) mass is 216 g/mol. The van der Waals surface area contributed by atoms with Crippen LogP contribution in [0.15, 0.2) is 0 Å². The molecule has 0 aromatic carbocycles. The highest BCUT2D eigenvalue weighted by Crippen LogP contribution is 1.97. The van der Waals surface area contributed by atoms with E-state index in [9.17, 15) is 9.59 Å². The Morgan fingerprint density at radius 2 is 2.07 bits per heavy atom. The molecule has 5 nitrogen and oxygen atoms in total. The van der Waals surface area contributed by atoms with Crippen LogP contribution in [-0.4, -0.2) is 41.6 Å². The molecule has 0 saturated heterocycles. The van der Waals surface area contributed by atoms with Gasteiger partial charge < -0.3 is 15.3 Å². The van der Waals surface area contributed by atoms with E-state index in [0.717, 1.165) is 6.42 Å². The van der Waals surface area contributed by atoms with Crippen molar-refractivity contribution in [3.63, 3.8) is 0 Å². The SMILES string of the molecule is CCCN(C)C(=O)NC(C)CCC(=O)O. The Morgan fingerprint density at radius 1 is 1.47 bits per heavy atom. The number of carbonyl (C=O) groups excluding carboxylic acids is 1. The molecule has 2 N–H and O–H groups in total. The molecule has 5 heteroatoms. The van der Waals surface area contributed by atoms with Crippen molar-refractivity contribution in [2.45, 2.75) is 39.2 Å². The van der Waals surface area contributed by atoms with Crippen molar-refractivity contribution in [1.82, 2.24) is 10.2 Å². The van der Waals surface area contributed by atoms with Crippen molar-refractivity contribution < 1.29 is 14.7 Å². The van der Waals surface area contributed by atoms with Gasteiger partial charge >= 0.3 is 12.0 Å². The number of urea groups is 1. The maximum Gasteiger partial charge on any atom is 0.317 e. The van der Waals surface area contributed by atoms with Gasteiger partial charge in [-0.05, 0) is 19.8 Å². The molecular formula is C10H20N2O3. The average molecular weight is 216 g/mol. The lowest BCUT2D eigenvalue weighted by Gasteiger charge is -2.20. The Hall–Kier alpha value is -1.26. The Balaban J connectivity index is 3.79. The Bertz CT molecular complexity index is 219. The molecule has 1 atom stereocenters. The zero-order valence-corrected chi connectivity index (χ0v) is 9.62. The van der Waals surface area contributed by atoms with Crippen LogP contribution in [0.25, 0.3) is 0 Å². The van der Waals surface area contributed by atoms with Gasteiger partial charge in [0.1, 0.15) is 0 Å². The van der Waals surface area contributed by atoms with Gasteiger partial charge in [0.15, 0.2) is 0 Å². The van der Waals surface area contributed by atoms with Gasteiger partial charge in [0, 0.05) is 26.1 Å². The lowest BCUT2D eigenvalue weighted by molar-refractivity contribution is -0.137. The summed E-state index contributed by atoms with van der Waals surface area (Å²) in [5, 5.41) is 11.2. The van der Waals surface area contributed by atoms with E-state index in [0.29, 0.717) is 13.0 Å². The van der Waals surface area contributed by atoms with Gasteiger partial charge in [-0.25, -0.2) is 4.79 Å². The minimum atomic E-state index is -0.835. The molecule has 0 rings (SSSR count). The second kappa shape index (κ2) is 7.09. The molecule has 88 valence electrons. The molecule has 0 aliphatic carbocycles. The second-order valence-corrected chi connectivity index (χ2v) is 3.70. The van der Waals surface area contributed by atoms with Crippen LogP contribution in [0.5, 0.6) is 0 Å². The molecular weight excluding hydrogens is 196 g/mol. The highest BCUT2D eigenvalue weighted by atomic mass is 16.4. The predicted octanol–water partition coefficient (Wildman–Crippen LogP) is 1.29. The van der Waals surface area contributed by atoms with Gasteiger partial charge in [-0.1, -0.05) is 6.92 Å². The minimum Gasteiger partial charge on any atom is -0.481 e. The molecule has 0 saturated carbocycles. The van der Waals surface area contributed by atoms with E-state index in [1.807, 2.05) is 6.92 Å². The average Bonchev–Trinajstić information content (AvgIpc) is 2.15. The number of aliphatic carboxylic acids is 1. The Morgan fingerprint density at radius 3 is 2.53 bits per heavy atom. The molecule has 0 radical (unpaired) electrons. The van der Waals surface area contributed by atoms with Crippen molar-refractivity contribution in [2.75, 3.05) is 13.6 Å². The Labute approximate surface area is 90.5 Å². The maximum atomic E-state index is 11.5. The molecule has 0 spiro atoms. The lowest BCUT2D eigenvalue weighted by Crippen LogP contribution is -2.42. The third-order valence-electron chi connectivity index (χ3n) is 2.07. The first-order valence-electron chi connectivity index (χ1n) is 5.20. The van der Waals surface area contributed by atoms with Crippen molar-refractivity contribution in [1.29, 1.82) is 0 Å². The molecule has 0 heterocycles. The normalized spacial score (nSPS) is 11.9. The summed E-state index contributed by atoms with van der Waals surface area (Å²) in [6.07, 6.45) is 1.45. The third kappa shape index (κ3) is 6.76. The Kier molecular flexibility index (Phi) is 6.49. The van der Waals surface area contributed by atoms with Crippen LogP contribution in [0.4, 0.5) is 4.79 Å². The van der Waals surface area contributed by atoms with E-state index in [1.165, 1.54) is 0 Å². The molecule has 0 aromatic rings. The number of hydrogen-bond acceptors (Lipinski definition) is 2. The van der Waals surface area contributed by atoms with Crippen molar-refractivity contribution in [2.24, 2.45) is 0 Å². The van der Waals surface area contributed by atoms with Gasteiger partial charge in [0.2, 0.25) is 0 Å². The van der Waals surface area contributed by atoms with Gasteiger partial charge in [-0.3, -0.25) is 4.79 Å². The number of nitrogens with zero attached hydrogens (tertiary/aromatic N) is 1. The molecule has 0 bridgehead atoms. The largest absolute Gasteiger partial charge is 0.481 e.